The average molecular weight is 255 g/mol. The summed E-state index contributed by atoms with van der Waals surface area (Å²) in [5.74, 6) is 0.428. The van der Waals surface area contributed by atoms with Gasteiger partial charge >= 0.3 is 0 Å². The summed E-state index contributed by atoms with van der Waals surface area (Å²) in [7, 11) is 0. The molecule has 3 nitrogen and oxygen atoms in total. The molecule has 1 aliphatic rings. The SMILES string of the molecule is NCc1ccc(CN2CCC(CO)C2)c(Cl)c1. The molecule has 0 amide bonds. The Kier molecular flexibility index (Phi) is 4.40. The highest BCUT2D eigenvalue weighted by atomic mass is 35.5. The minimum atomic E-state index is 0.288. The van der Waals surface area contributed by atoms with Crippen molar-refractivity contribution in [1.29, 1.82) is 0 Å². The summed E-state index contributed by atoms with van der Waals surface area (Å²) in [6.07, 6.45) is 1.08. The van der Waals surface area contributed by atoms with Crippen molar-refractivity contribution in [3.63, 3.8) is 0 Å². The van der Waals surface area contributed by atoms with Gasteiger partial charge in [-0.15, -0.1) is 0 Å². The first-order valence-corrected chi connectivity index (χ1v) is 6.41. The van der Waals surface area contributed by atoms with Gasteiger partial charge in [-0.25, -0.2) is 0 Å². The van der Waals surface area contributed by atoms with E-state index in [2.05, 4.69) is 11.0 Å². The lowest BCUT2D eigenvalue weighted by Gasteiger charge is -2.16. The normalized spacial score (nSPS) is 21.0. The lowest BCUT2D eigenvalue weighted by atomic mass is 10.1. The van der Waals surface area contributed by atoms with Gasteiger partial charge in [0.25, 0.3) is 0 Å². The molecule has 3 N–H and O–H groups in total. The Labute approximate surface area is 107 Å². The van der Waals surface area contributed by atoms with E-state index >= 15 is 0 Å². The molecule has 0 aliphatic carbocycles. The van der Waals surface area contributed by atoms with E-state index in [1.807, 2.05) is 12.1 Å². The predicted molar refractivity (Wildman–Crippen MR) is 69.8 cm³/mol. The summed E-state index contributed by atoms with van der Waals surface area (Å²) in [6, 6.07) is 6.02. The first kappa shape index (κ1) is 12.8. The van der Waals surface area contributed by atoms with Gasteiger partial charge in [0.2, 0.25) is 0 Å². The molecular formula is C13H19ClN2O. The second-order valence-corrected chi connectivity index (χ2v) is 5.11. The number of nitrogens with zero attached hydrogens (tertiary/aromatic N) is 1. The maximum absolute atomic E-state index is 9.11. The number of nitrogens with two attached hydrogens (primary N) is 1. The number of halogens is 1. The van der Waals surface area contributed by atoms with E-state index < -0.39 is 0 Å². The van der Waals surface area contributed by atoms with Crippen LogP contribution in [-0.2, 0) is 13.1 Å². The van der Waals surface area contributed by atoms with Crippen LogP contribution in [0.2, 0.25) is 5.02 Å². The highest BCUT2D eigenvalue weighted by Crippen LogP contribution is 2.23. The average Bonchev–Trinajstić information content (AvgIpc) is 2.79. The maximum Gasteiger partial charge on any atom is 0.0471 e. The fourth-order valence-corrected chi connectivity index (χ4v) is 2.56. The number of hydrogen-bond acceptors (Lipinski definition) is 3. The second kappa shape index (κ2) is 5.83. The molecule has 0 spiro atoms. The Bertz CT molecular complexity index is 384. The van der Waals surface area contributed by atoms with Crippen LogP contribution < -0.4 is 5.73 Å². The fourth-order valence-electron chi connectivity index (χ4n) is 2.29. The number of aliphatic hydroxyl groups is 1. The third-order valence-electron chi connectivity index (χ3n) is 3.38. The number of aliphatic hydroxyl groups excluding tert-OH is 1. The number of benzene rings is 1. The lowest BCUT2D eigenvalue weighted by molar-refractivity contribution is 0.220. The van der Waals surface area contributed by atoms with E-state index in [0.29, 0.717) is 12.5 Å². The summed E-state index contributed by atoms with van der Waals surface area (Å²) in [6.45, 7) is 3.68. The smallest absolute Gasteiger partial charge is 0.0471 e. The number of rotatable bonds is 4. The van der Waals surface area contributed by atoms with Crippen molar-refractivity contribution in [3.8, 4) is 0 Å². The second-order valence-electron chi connectivity index (χ2n) is 4.70. The molecule has 1 unspecified atom stereocenters. The molecule has 0 bridgehead atoms. The van der Waals surface area contributed by atoms with E-state index in [9.17, 15) is 0 Å². The van der Waals surface area contributed by atoms with Crippen LogP contribution >= 0.6 is 11.6 Å². The molecular weight excluding hydrogens is 236 g/mol. The molecule has 4 heteroatoms. The van der Waals surface area contributed by atoms with Crippen molar-refractivity contribution in [2.75, 3.05) is 19.7 Å². The quantitative estimate of drug-likeness (QED) is 0.859. The highest BCUT2D eigenvalue weighted by molar-refractivity contribution is 6.31. The molecule has 0 radical (unpaired) electrons. The summed E-state index contributed by atoms with van der Waals surface area (Å²) in [4.78, 5) is 2.34. The summed E-state index contributed by atoms with van der Waals surface area (Å²) >= 11 is 6.23. The van der Waals surface area contributed by atoms with Gasteiger partial charge in [-0.3, -0.25) is 4.90 Å². The zero-order chi connectivity index (χ0) is 12.3. The zero-order valence-corrected chi connectivity index (χ0v) is 10.7. The molecule has 2 rings (SSSR count). The molecule has 1 aromatic carbocycles. The van der Waals surface area contributed by atoms with Gasteiger partial charge in [-0.05, 0) is 36.1 Å². The molecule has 1 aromatic rings. The van der Waals surface area contributed by atoms with Crippen LogP contribution in [0.5, 0.6) is 0 Å². The Hall–Kier alpha value is -0.610. The minimum Gasteiger partial charge on any atom is -0.396 e. The molecule has 17 heavy (non-hydrogen) atoms. The Morgan fingerprint density at radius 1 is 1.47 bits per heavy atom. The summed E-state index contributed by atoms with van der Waals surface area (Å²) in [5, 5.41) is 9.90. The van der Waals surface area contributed by atoms with Gasteiger partial charge in [0, 0.05) is 31.3 Å². The van der Waals surface area contributed by atoms with Gasteiger partial charge < -0.3 is 10.8 Å². The number of likely N-dealkylation sites (tertiary alicyclic amines) is 1. The van der Waals surface area contributed by atoms with Crippen LogP contribution in [0.15, 0.2) is 18.2 Å². The summed E-state index contributed by atoms with van der Waals surface area (Å²) in [5.41, 5.74) is 7.78. The first-order chi connectivity index (χ1) is 8.22. The van der Waals surface area contributed by atoms with E-state index in [-0.39, 0.29) is 6.61 Å². The van der Waals surface area contributed by atoms with Crippen LogP contribution in [-0.4, -0.2) is 29.7 Å². The van der Waals surface area contributed by atoms with Crippen molar-refractivity contribution in [3.05, 3.63) is 34.3 Å². The topological polar surface area (TPSA) is 49.5 Å². The van der Waals surface area contributed by atoms with Crippen molar-refractivity contribution < 1.29 is 5.11 Å². The molecule has 94 valence electrons. The van der Waals surface area contributed by atoms with Gasteiger partial charge in [0.05, 0.1) is 0 Å². The molecule has 1 atom stereocenters. The van der Waals surface area contributed by atoms with Gasteiger partial charge in [-0.2, -0.15) is 0 Å². The van der Waals surface area contributed by atoms with Crippen LogP contribution in [0.1, 0.15) is 17.5 Å². The summed E-state index contributed by atoms with van der Waals surface area (Å²) < 4.78 is 0. The van der Waals surface area contributed by atoms with Crippen LogP contribution in [0, 0.1) is 5.92 Å². The van der Waals surface area contributed by atoms with Crippen molar-refractivity contribution >= 4 is 11.6 Å². The van der Waals surface area contributed by atoms with Crippen LogP contribution in [0.4, 0.5) is 0 Å². The van der Waals surface area contributed by atoms with E-state index in [1.54, 1.807) is 0 Å². The van der Waals surface area contributed by atoms with Crippen molar-refractivity contribution in [2.24, 2.45) is 11.7 Å². The molecule has 1 fully saturated rings. The van der Waals surface area contributed by atoms with Crippen molar-refractivity contribution in [1.82, 2.24) is 4.90 Å². The molecule has 1 aliphatic heterocycles. The lowest BCUT2D eigenvalue weighted by Crippen LogP contribution is -2.21. The van der Waals surface area contributed by atoms with Crippen LogP contribution in [0.3, 0.4) is 0 Å². The minimum absolute atomic E-state index is 0.288. The predicted octanol–water partition coefficient (Wildman–Crippen LogP) is 1.61. The monoisotopic (exact) mass is 254 g/mol. The fraction of sp³-hybridized carbons (Fsp3) is 0.538. The highest BCUT2D eigenvalue weighted by Gasteiger charge is 2.22. The Morgan fingerprint density at radius 2 is 2.29 bits per heavy atom. The van der Waals surface area contributed by atoms with Gasteiger partial charge in [-0.1, -0.05) is 23.7 Å². The third kappa shape index (κ3) is 3.19. The van der Waals surface area contributed by atoms with Crippen molar-refractivity contribution in [2.45, 2.75) is 19.5 Å². The Balaban J connectivity index is 1.99. The molecule has 0 aromatic heterocycles. The Morgan fingerprint density at radius 3 is 2.88 bits per heavy atom. The number of hydrogen-bond donors (Lipinski definition) is 2. The maximum atomic E-state index is 9.11. The van der Waals surface area contributed by atoms with Crippen LogP contribution in [0.25, 0.3) is 0 Å². The largest absolute Gasteiger partial charge is 0.396 e. The van der Waals surface area contributed by atoms with Gasteiger partial charge in [0.15, 0.2) is 0 Å². The molecule has 1 heterocycles. The standard InChI is InChI=1S/C13H19ClN2O/c14-13-5-10(6-15)1-2-12(13)8-16-4-3-11(7-16)9-17/h1-2,5,11,17H,3-4,6-9,15H2. The van der Waals surface area contributed by atoms with E-state index in [1.165, 1.54) is 0 Å². The molecule has 1 saturated heterocycles. The van der Waals surface area contributed by atoms with Gasteiger partial charge in [0.1, 0.15) is 0 Å². The molecule has 0 saturated carbocycles. The van der Waals surface area contributed by atoms with E-state index in [0.717, 1.165) is 42.2 Å². The zero-order valence-electron chi connectivity index (χ0n) is 9.90. The first-order valence-electron chi connectivity index (χ1n) is 6.03. The third-order valence-corrected chi connectivity index (χ3v) is 3.73. The van der Waals surface area contributed by atoms with E-state index in [4.69, 9.17) is 22.4 Å².